The molecule has 0 aromatic heterocycles. The van der Waals surface area contributed by atoms with Gasteiger partial charge >= 0.3 is 0 Å². The van der Waals surface area contributed by atoms with Crippen LogP contribution in [0, 0.1) is 0 Å². The predicted octanol–water partition coefficient (Wildman–Crippen LogP) is 2.73. The molecule has 1 nitrogen and oxygen atoms in total. The summed E-state index contributed by atoms with van der Waals surface area (Å²) >= 11 is 0. The van der Waals surface area contributed by atoms with Gasteiger partial charge in [0.15, 0.2) is 0 Å². The fourth-order valence-corrected chi connectivity index (χ4v) is 0.944. The number of rotatable bonds is 3. The first-order valence-corrected chi connectivity index (χ1v) is 3.85. The van der Waals surface area contributed by atoms with E-state index in [1.54, 1.807) is 6.20 Å². The van der Waals surface area contributed by atoms with Crippen molar-refractivity contribution in [3.63, 3.8) is 0 Å². The van der Waals surface area contributed by atoms with Crippen molar-refractivity contribution in [2.24, 2.45) is 0 Å². The molecule has 0 amide bonds. The molecule has 0 N–H and O–H groups in total. The minimum atomic E-state index is 0.964. The summed E-state index contributed by atoms with van der Waals surface area (Å²) in [5, 5.41) is 0. The van der Waals surface area contributed by atoms with Gasteiger partial charge < -0.3 is 4.90 Å². The lowest BCUT2D eigenvalue weighted by atomic mass is 10.2. The second kappa shape index (κ2) is 3.77. The monoisotopic (exact) mass is 159 g/mol. The molecule has 0 bridgehead atoms. The second-order valence-electron chi connectivity index (χ2n) is 2.61. The molecule has 0 heterocycles. The predicted molar refractivity (Wildman–Crippen MR) is 53.4 cm³/mol. The molecule has 1 aromatic carbocycles. The maximum absolute atomic E-state index is 3.95. The van der Waals surface area contributed by atoms with Crippen molar-refractivity contribution in [2.45, 2.75) is 0 Å². The molecule has 0 aliphatic heterocycles. The third kappa shape index (κ3) is 1.76. The van der Waals surface area contributed by atoms with Gasteiger partial charge in [0, 0.05) is 12.7 Å². The summed E-state index contributed by atoms with van der Waals surface area (Å²) in [7, 11) is 1.93. The summed E-state index contributed by atoms with van der Waals surface area (Å²) in [5.41, 5.74) is 2.09. The van der Waals surface area contributed by atoms with Gasteiger partial charge in [-0.3, -0.25) is 0 Å². The summed E-state index contributed by atoms with van der Waals surface area (Å²) in [4.78, 5) is 1.90. The van der Waals surface area contributed by atoms with Crippen LogP contribution < -0.4 is 0 Å². The lowest BCUT2D eigenvalue weighted by Crippen LogP contribution is -2.06. The molecular formula is C11H13N. The molecule has 12 heavy (non-hydrogen) atoms. The molecule has 0 aliphatic carbocycles. The van der Waals surface area contributed by atoms with E-state index in [9.17, 15) is 0 Å². The molecule has 0 fully saturated rings. The van der Waals surface area contributed by atoms with Crippen LogP contribution in [0.2, 0.25) is 0 Å². The van der Waals surface area contributed by atoms with Gasteiger partial charge in [0.1, 0.15) is 0 Å². The Kier molecular flexibility index (Phi) is 2.70. The second-order valence-corrected chi connectivity index (χ2v) is 2.61. The van der Waals surface area contributed by atoms with Crippen LogP contribution in [0.15, 0.2) is 49.7 Å². The largest absolute Gasteiger partial charge is 0.352 e. The Morgan fingerprint density at radius 2 is 1.92 bits per heavy atom. The number of nitrogens with zero attached hydrogens (tertiary/aromatic N) is 1. The fourth-order valence-electron chi connectivity index (χ4n) is 0.944. The first kappa shape index (κ1) is 8.60. The number of hydrogen-bond acceptors (Lipinski definition) is 1. The van der Waals surface area contributed by atoms with Crippen LogP contribution in [-0.4, -0.2) is 11.9 Å². The quantitative estimate of drug-likeness (QED) is 0.655. The summed E-state index contributed by atoms with van der Waals surface area (Å²) in [6, 6.07) is 10.0. The molecule has 1 heteroatoms. The Bertz CT molecular complexity index is 274. The lowest BCUT2D eigenvalue weighted by Gasteiger charge is -2.16. The zero-order valence-corrected chi connectivity index (χ0v) is 7.33. The van der Waals surface area contributed by atoms with E-state index in [4.69, 9.17) is 0 Å². The average Bonchev–Trinajstić information content (AvgIpc) is 2.17. The zero-order valence-electron chi connectivity index (χ0n) is 7.33. The Labute approximate surface area is 73.6 Å². The highest BCUT2D eigenvalue weighted by molar-refractivity contribution is 5.62. The molecule has 0 saturated carbocycles. The third-order valence-corrected chi connectivity index (χ3v) is 1.81. The Balaban J connectivity index is 2.85. The van der Waals surface area contributed by atoms with E-state index in [2.05, 4.69) is 13.2 Å². The lowest BCUT2D eigenvalue weighted by molar-refractivity contribution is 0.659. The van der Waals surface area contributed by atoms with Crippen LogP contribution in [0.5, 0.6) is 0 Å². The van der Waals surface area contributed by atoms with Gasteiger partial charge in [0.05, 0.1) is 0 Å². The van der Waals surface area contributed by atoms with Crippen LogP contribution in [0.3, 0.4) is 0 Å². The first-order chi connectivity index (χ1) is 5.75. The fraction of sp³-hybridized carbons (Fsp3) is 0.0909. The molecule has 0 saturated heterocycles. The van der Waals surface area contributed by atoms with Gasteiger partial charge in [-0.05, 0) is 11.8 Å². The molecule has 62 valence electrons. The zero-order chi connectivity index (χ0) is 8.97. The van der Waals surface area contributed by atoms with E-state index in [0.717, 1.165) is 11.3 Å². The highest BCUT2D eigenvalue weighted by Crippen LogP contribution is 2.14. The molecule has 0 aliphatic rings. The molecule has 1 rings (SSSR count). The first-order valence-electron chi connectivity index (χ1n) is 3.85. The molecule has 1 aromatic rings. The van der Waals surface area contributed by atoms with E-state index in [1.807, 2.05) is 42.3 Å². The summed E-state index contributed by atoms with van der Waals surface area (Å²) in [5.74, 6) is 0. The Morgan fingerprint density at radius 3 is 2.42 bits per heavy atom. The highest BCUT2D eigenvalue weighted by atomic mass is 15.1. The van der Waals surface area contributed by atoms with Crippen molar-refractivity contribution in [1.29, 1.82) is 0 Å². The Morgan fingerprint density at radius 1 is 1.33 bits per heavy atom. The topological polar surface area (TPSA) is 3.24 Å². The smallest absolute Gasteiger partial charge is 0.0403 e. The summed E-state index contributed by atoms with van der Waals surface area (Å²) in [6.07, 6.45) is 1.75. The standard InChI is InChI=1S/C11H13N/c1-4-12(3)10(2)11-8-6-5-7-9-11/h4-9H,1-2H2,3H3. The third-order valence-electron chi connectivity index (χ3n) is 1.81. The molecule has 0 radical (unpaired) electrons. The van der Waals surface area contributed by atoms with Gasteiger partial charge in [-0.1, -0.05) is 43.5 Å². The van der Waals surface area contributed by atoms with Crippen LogP contribution in [0.4, 0.5) is 0 Å². The van der Waals surface area contributed by atoms with Gasteiger partial charge in [-0.25, -0.2) is 0 Å². The van der Waals surface area contributed by atoms with Crippen molar-refractivity contribution >= 4 is 5.70 Å². The van der Waals surface area contributed by atoms with Crippen LogP contribution in [0.1, 0.15) is 5.56 Å². The van der Waals surface area contributed by atoms with Gasteiger partial charge in [-0.2, -0.15) is 0 Å². The van der Waals surface area contributed by atoms with Crippen molar-refractivity contribution in [2.75, 3.05) is 7.05 Å². The average molecular weight is 159 g/mol. The maximum atomic E-state index is 3.95. The van der Waals surface area contributed by atoms with E-state index in [0.29, 0.717) is 0 Å². The van der Waals surface area contributed by atoms with E-state index < -0.39 is 0 Å². The number of benzene rings is 1. The van der Waals surface area contributed by atoms with E-state index in [-0.39, 0.29) is 0 Å². The van der Waals surface area contributed by atoms with Gasteiger partial charge in [0.2, 0.25) is 0 Å². The van der Waals surface area contributed by atoms with E-state index >= 15 is 0 Å². The minimum Gasteiger partial charge on any atom is -0.352 e. The van der Waals surface area contributed by atoms with Gasteiger partial charge in [-0.15, -0.1) is 0 Å². The molecule has 0 atom stereocenters. The van der Waals surface area contributed by atoms with Crippen molar-refractivity contribution in [3.05, 3.63) is 55.3 Å². The van der Waals surface area contributed by atoms with Crippen molar-refractivity contribution in [1.82, 2.24) is 4.90 Å². The SMILES string of the molecule is C=CN(C)C(=C)c1ccccc1. The van der Waals surface area contributed by atoms with E-state index in [1.165, 1.54) is 0 Å². The van der Waals surface area contributed by atoms with Crippen LogP contribution in [-0.2, 0) is 0 Å². The van der Waals surface area contributed by atoms with Crippen LogP contribution in [0.25, 0.3) is 5.70 Å². The van der Waals surface area contributed by atoms with Crippen molar-refractivity contribution < 1.29 is 0 Å². The Hall–Kier alpha value is -1.50. The summed E-state index contributed by atoms with van der Waals surface area (Å²) in [6.45, 7) is 7.62. The minimum absolute atomic E-state index is 0.964. The molecule has 0 spiro atoms. The van der Waals surface area contributed by atoms with Crippen LogP contribution >= 0.6 is 0 Å². The normalized spacial score (nSPS) is 9.08. The number of hydrogen-bond donors (Lipinski definition) is 0. The van der Waals surface area contributed by atoms with Crippen molar-refractivity contribution in [3.8, 4) is 0 Å². The summed E-state index contributed by atoms with van der Waals surface area (Å²) < 4.78 is 0. The highest BCUT2D eigenvalue weighted by Gasteiger charge is 1.98. The maximum Gasteiger partial charge on any atom is 0.0403 e. The molecule has 0 unspecified atom stereocenters. The van der Waals surface area contributed by atoms with Gasteiger partial charge in [0.25, 0.3) is 0 Å². The molecular weight excluding hydrogens is 146 g/mol.